The van der Waals surface area contributed by atoms with E-state index in [9.17, 15) is 24.3 Å². The van der Waals surface area contributed by atoms with Gasteiger partial charge in [-0.05, 0) is 18.8 Å². The van der Waals surface area contributed by atoms with Gasteiger partial charge in [-0.25, -0.2) is 14.5 Å². The van der Waals surface area contributed by atoms with Gasteiger partial charge in [-0.1, -0.05) is 0 Å². The molecule has 2 N–H and O–H groups in total. The van der Waals surface area contributed by atoms with Gasteiger partial charge in [0.1, 0.15) is 12.2 Å². The number of aromatic nitrogens is 1. The largest absolute Gasteiger partial charge is 0.502 e. The molecule has 1 aromatic rings. The number of amides is 2. The molecular weight excluding hydrogens is 346 g/mol. The Morgan fingerprint density at radius 2 is 1.92 bits per heavy atom. The quantitative estimate of drug-likeness (QED) is 0.744. The number of hydrogen-bond acceptors (Lipinski definition) is 6. The van der Waals surface area contributed by atoms with Crippen LogP contribution in [0, 0.1) is 5.92 Å². The number of aromatic carboxylic acids is 1. The number of carboxylic acids is 1. The van der Waals surface area contributed by atoms with Gasteiger partial charge in [-0.15, -0.1) is 0 Å². The Hall–Kier alpha value is -2.88. The molecule has 0 unspecified atom stereocenters. The highest BCUT2D eigenvalue weighted by Crippen LogP contribution is 2.24. The molecule has 0 saturated carbocycles. The van der Waals surface area contributed by atoms with Gasteiger partial charge in [-0.2, -0.15) is 0 Å². The maximum Gasteiger partial charge on any atom is 0.341 e. The zero-order valence-corrected chi connectivity index (χ0v) is 14.2. The van der Waals surface area contributed by atoms with E-state index < -0.39 is 40.2 Å². The molecule has 10 nitrogen and oxygen atoms in total. The molecule has 10 heteroatoms. The molecule has 3 heterocycles. The van der Waals surface area contributed by atoms with E-state index in [2.05, 4.69) is 0 Å². The van der Waals surface area contributed by atoms with Crippen molar-refractivity contribution in [2.24, 2.45) is 5.92 Å². The van der Waals surface area contributed by atoms with Crippen molar-refractivity contribution in [2.75, 3.05) is 31.4 Å². The van der Waals surface area contributed by atoms with Crippen molar-refractivity contribution in [3.63, 3.8) is 0 Å². The second-order valence-corrected chi connectivity index (χ2v) is 6.36. The van der Waals surface area contributed by atoms with Crippen molar-refractivity contribution < 1.29 is 29.3 Å². The molecule has 2 aliphatic rings. The number of fused-ring (bicyclic) bond motifs is 1. The number of aromatic hydroxyl groups is 1. The monoisotopic (exact) mass is 365 g/mol. The van der Waals surface area contributed by atoms with Gasteiger partial charge in [-0.3, -0.25) is 14.4 Å². The van der Waals surface area contributed by atoms with Crippen molar-refractivity contribution in [3.8, 4) is 5.75 Å². The van der Waals surface area contributed by atoms with Gasteiger partial charge in [0.05, 0.1) is 0 Å². The van der Waals surface area contributed by atoms with Crippen LogP contribution in [0.4, 0.5) is 0 Å². The third-order valence-corrected chi connectivity index (χ3v) is 4.63. The van der Waals surface area contributed by atoms with E-state index in [1.807, 2.05) is 0 Å². The van der Waals surface area contributed by atoms with Crippen molar-refractivity contribution in [3.05, 3.63) is 27.7 Å². The molecule has 140 valence electrons. The first-order valence-electron chi connectivity index (χ1n) is 8.18. The summed E-state index contributed by atoms with van der Waals surface area (Å²) in [7, 11) is 0. The predicted molar refractivity (Wildman–Crippen MR) is 87.7 cm³/mol. The molecule has 0 aliphatic carbocycles. The summed E-state index contributed by atoms with van der Waals surface area (Å²) >= 11 is 0. The van der Waals surface area contributed by atoms with Gasteiger partial charge in [0.2, 0.25) is 11.3 Å². The summed E-state index contributed by atoms with van der Waals surface area (Å²) in [5.74, 6) is -3.44. The second kappa shape index (κ2) is 6.79. The lowest BCUT2D eigenvalue weighted by Gasteiger charge is -2.39. The number of rotatable bonds is 3. The van der Waals surface area contributed by atoms with Crippen LogP contribution in [0.15, 0.2) is 11.0 Å². The number of pyridine rings is 1. The molecule has 2 amide bonds. The van der Waals surface area contributed by atoms with Gasteiger partial charge in [0.25, 0.3) is 5.91 Å². The van der Waals surface area contributed by atoms with E-state index in [1.54, 1.807) is 0 Å². The van der Waals surface area contributed by atoms with E-state index >= 15 is 0 Å². The smallest absolute Gasteiger partial charge is 0.341 e. The van der Waals surface area contributed by atoms with E-state index in [-0.39, 0.29) is 12.6 Å². The number of ether oxygens (including phenoxy) is 1. The minimum Gasteiger partial charge on any atom is -0.502 e. The van der Waals surface area contributed by atoms with Crippen LogP contribution in [0.5, 0.6) is 5.75 Å². The van der Waals surface area contributed by atoms with Crippen LogP contribution in [-0.4, -0.2) is 64.0 Å². The highest BCUT2D eigenvalue weighted by atomic mass is 16.5. The Morgan fingerprint density at radius 3 is 2.50 bits per heavy atom. The minimum atomic E-state index is -1.55. The fraction of sp³-hybridized carbons (Fsp3) is 0.500. The number of nitrogens with zero attached hydrogens (tertiary/aromatic N) is 3. The molecule has 0 aromatic carbocycles. The normalized spacial score (nSPS) is 18.0. The maximum atomic E-state index is 12.8. The standard InChI is InChI=1S/C16H19N3O7/c1-9(20)19-8-17(6-10-2-4-26-5-3-10)15(23)12-14(22)13(21)11(16(24)25)7-18(12)19/h7,10,22H,2-6,8H2,1H3,(H,24,25). The lowest BCUT2D eigenvalue weighted by molar-refractivity contribution is -0.118. The average Bonchev–Trinajstić information content (AvgIpc) is 2.60. The summed E-state index contributed by atoms with van der Waals surface area (Å²) in [4.78, 5) is 49.5. The van der Waals surface area contributed by atoms with E-state index in [1.165, 1.54) is 11.8 Å². The highest BCUT2D eigenvalue weighted by Gasteiger charge is 2.36. The molecule has 1 fully saturated rings. The third kappa shape index (κ3) is 3.03. The number of carbonyl (C=O) groups excluding carboxylic acids is 2. The van der Waals surface area contributed by atoms with Crippen LogP contribution in [-0.2, 0) is 9.53 Å². The zero-order chi connectivity index (χ0) is 19.0. The summed E-state index contributed by atoms with van der Waals surface area (Å²) in [5, 5.41) is 20.4. The fourth-order valence-corrected chi connectivity index (χ4v) is 3.21. The molecule has 0 bridgehead atoms. The van der Waals surface area contributed by atoms with Crippen LogP contribution in [0.3, 0.4) is 0 Å². The highest BCUT2D eigenvalue weighted by molar-refractivity contribution is 6.00. The molecule has 0 radical (unpaired) electrons. The van der Waals surface area contributed by atoms with Crippen molar-refractivity contribution in [2.45, 2.75) is 19.8 Å². The Balaban J connectivity index is 2.04. The van der Waals surface area contributed by atoms with Gasteiger partial charge in [0.15, 0.2) is 11.4 Å². The van der Waals surface area contributed by atoms with Crippen molar-refractivity contribution in [1.29, 1.82) is 0 Å². The molecule has 26 heavy (non-hydrogen) atoms. The zero-order valence-electron chi connectivity index (χ0n) is 14.2. The molecule has 0 spiro atoms. The summed E-state index contributed by atoms with van der Waals surface area (Å²) in [5.41, 5.74) is -2.29. The fourth-order valence-electron chi connectivity index (χ4n) is 3.21. The summed E-state index contributed by atoms with van der Waals surface area (Å²) < 4.78 is 6.24. The first kappa shape index (κ1) is 17.9. The van der Waals surface area contributed by atoms with Crippen LogP contribution < -0.4 is 10.4 Å². The van der Waals surface area contributed by atoms with E-state index in [0.29, 0.717) is 19.8 Å². The lowest BCUT2D eigenvalue weighted by atomic mass is 9.99. The van der Waals surface area contributed by atoms with Crippen LogP contribution in [0.1, 0.15) is 40.6 Å². The third-order valence-electron chi connectivity index (χ3n) is 4.63. The minimum absolute atomic E-state index is 0.0973. The van der Waals surface area contributed by atoms with Gasteiger partial charge < -0.3 is 19.8 Å². The average molecular weight is 365 g/mol. The number of carboxylic acid groups (broad SMARTS) is 1. The Bertz CT molecular complexity index is 826. The number of carbonyl (C=O) groups is 3. The SMILES string of the molecule is CC(=O)N1CN(CC2CCOCC2)C(=O)c2c(O)c(=O)c(C(=O)O)cn21. The predicted octanol–water partition coefficient (Wildman–Crippen LogP) is -0.423. The van der Waals surface area contributed by atoms with E-state index in [0.717, 1.165) is 28.7 Å². The van der Waals surface area contributed by atoms with Crippen LogP contribution >= 0.6 is 0 Å². The van der Waals surface area contributed by atoms with Crippen LogP contribution in [0.25, 0.3) is 0 Å². The Labute approximate surface area is 148 Å². The molecule has 2 aliphatic heterocycles. The molecule has 1 saturated heterocycles. The topological polar surface area (TPSA) is 129 Å². The van der Waals surface area contributed by atoms with Crippen LogP contribution in [0.2, 0.25) is 0 Å². The summed E-state index contributed by atoms with van der Waals surface area (Å²) in [6.45, 7) is 2.68. The van der Waals surface area contributed by atoms with Gasteiger partial charge >= 0.3 is 5.97 Å². The second-order valence-electron chi connectivity index (χ2n) is 6.36. The molecule has 0 atom stereocenters. The lowest BCUT2D eigenvalue weighted by Crippen LogP contribution is -2.57. The first-order chi connectivity index (χ1) is 12.3. The van der Waals surface area contributed by atoms with E-state index in [4.69, 9.17) is 9.84 Å². The van der Waals surface area contributed by atoms with Crippen molar-refractivity contribution in [1.82, 2.24) is 9.58 Å². The van der Waals surface area contributed by atoms with Crippen molar-refractivity contribution >= 4 is 17.8 Å². The first-order valence-corrected chi connectivity index (χ1v) is 8.18. The Morgan fingerprint density at radius 1 is 1.27 bits per heavy atom. The molecular formula is C16H19N3O7. The number of hydrogen-bond donors (Lipinski definition) is 2. The Kier molecular flexibility index (Phi) is 4.68. The molecule has 3 rings (SSSR count). The maximum absolute atomic E-state index is 12.8. The molecule has 1 aromatic heterocycles. The summed E-state index contributed by atoms with van der Waals surface area (Å²) in [6, 6.07) is 0. The summed E-state index contributed by atoms with van der Waals surface area (Å²) in [6.07, 6.45) is 2.42. The van der Waals surface area contributed by atoms with Gasteiger partial charge in [0, 0.05) is 32.9 Å².